The van der Waals surface area contributed by atoms with Crippen molar-refractivity contribution in [3.05, 3.63) is 47.8 Å². The maximum atomic E-state index is 11.1. The van der Waals surface area contributed by atoms with Crippen LogP contribution in [0.1, 0.15) is 33.6 Å². The average molecular weight is 302 g/mol. The van der Waals surface area contributed by atoms with Crippen molar-refractivity contribution in [2.75, 3.05) is 0 Å². The Kier molecular flexibility index (Phi) is 4.69. The summed E-state index contributed by atoms with van der Waals surface area (Å²) >= 11 is 0. The maximum absolute atomic E-state index is 11.1. The SMILES string of the molecule is CC1=CC(=O)O/C1=C/C=C/CC[C@@H]1[C@H](/C=C/C(=O)O)C1(C)C. The lowest BCUT2D eigenvalue weighted by Crippen LogP contribution is -1.90. The number of carbonyl (C=O) groups excluding carboxylic acids is 1. The van der Waals surface area contributed by atoms with Crippen molar-refractivity contribution in [3.63, 3.8) is 0 Å². The summed E-state index contributed by atoms with van der Waals surface area (Å²) in [5.41, 5.74) is 1.02. The number of hydrogen-bond donors (Lipinski definition) is 1. The summed E-state index contributed by atoms with van der Waals surface area (Å²) in [4.78, 5) is 21.6. The first-order chi connectivity index (χ1) is 10.3. The Morgan fingerprint density at radius 2 is 2.18 bits per heavy atom. The highest BCUT2D eigenvalue weighted by Crippen LogP contribution is 2.61. The topological polar surface area (TPSA) is 63.6 Å². The van der Waals surface area contributed by atoms with Crippen LogP contribution in [0.25, 0.3) is 0 Å². The Labute approximate surface area is 130 Å². The molecule has 1 saturated carbocycles. The number of esters is 1. The van der Waals surface area contributed by atoms with Gasteiger partial charge in [0, 0.05) is 12.2 Å². The molecule has 0 aromatic heterocycles. The number of rotatable bonds is 6. The molecule has 2 atom stereocenters. The van der Waals surface area contributed by atoms with Gasteiger partial charge in [-0.1, -0.05) is 32.1 Å². The fourth-order valence-electron chi connectivity index (χ4n) is 3.07. The van der Waals surface area contributed by atoms with Gasteiger partial charge in [-0.2, -0.15) is 0 Å². The molecule has 0 bridgehead atoms. The quantitative estimate of drug-likeness (QED) is 0.601. The predicted octanol–water partition coefficient (Wildman–Crippen LogP) is 3.62. The van der Waals surface area contributed by atoms with Crippen LogP contribution in [-0.2, 0) is 14.3 Å². The molecule has 1 fully saturated rings. The monoisotopic (exact) mass is 302 g/mol. The second-order valence-corrected chi connectivity index (χ2v) is 6.44. The van der Waals surface area contributed by atoms with Crippen LogP contribution in [0.15, 0.2) is 47.8 Å². The normalized spacial score (nSPS) is 28.4. The fourth-order valence-corrected chi connectivity index (χ4v) is 3.07. The van der Waals surface area contributed by atoms with E-state index in [9.17, 15) is 9.59 Å². The molecule has 1 heterocycles. The van der Waals surface area contributed by atoms with Crippen molar-refractivity contribution in [3.8, 4) is 0 Å². The maximum Gasteiger partial charge on any atom is 0.336 e. The van der Waals surface area contributed by atoms with Crippen LogP contribution in [0, 0.1) is 17.3 Å². The van der Waals surface area contributed by atoms with Gasteiger partial charge in [-0.15, -0.1) is 0 Å². The van der Waals surface area contributed by atoms with Crippen LogP contribution >= 0.6 is 0 Å². The Morgan fingerprint density at radius 3 is 2.77 bits per heavy atom. The van der Waals surface area contributed by atoms with Gasteiger partial charge in [0.1, 0.15) is 5.76 Å². The van der Waals surface area contributed by atoms with Gasteiger partial charge in [0.2, 0.25) is 0 Å². The van der Waals surface area contributed by atoms with E-state index in [1.165, 1.54) is 12.2 Å². The molecule has 2 aliphatic rings. The van der Waals surface area contributed by atoms with Gasteiger partial charge in [-0.25, -0.2) is 9.59 Å². The number of aliphatic carboxylic acids is 1. The largest absolute Gasteiger partial charge is 0.478 e. The van der Waals surface area contributed by atoms with Crippen LogP contribution in [-0.4, -0.2) is 17.0 Å². The summed E-state index contributed by atoms with van der Waals surface area (Å²) < 4.78 is 5.03. The van der Waals surface area contributed by atoms with Gasteiger partial charge < -0.3 is 9.84 Å². The average Bonchev–Trinajstić information content (AvgIpc) is 2.76. The lowest BCUT2D eigenvalue weighted by molar-refractivity contribution is -0.132. The molecular weight excluding hydrogens is 280 g/mol. The molecule has 1 aliphatic heterocycles. The van der Waals surface area contributed by atoms with Crippen LogP contribution in [0.4, 0.5) is 0 Å². The van der Waals surface area contributed by atoms with E-state index >= 15 is 0 Å². The zero-order chi connectivity index (χ0) is 16.3. The first-order valence-corrected chi connectivity index (χ1v) is 7.51. The van der Waals surface area contributed by atoms with Crippen molar-refractivity contribution in [2.24, 2.45) is 17.3 Å². The molecule has 0 radical (unpaired) electrons. The third kappa shape index (κ3) is 3.75. The Morgan fingerprint density at radius 1 is 1.45 bits per heavy atom. The summed E-state index contributed by atoms with van der Waals surface area (Å²) in [6.45, 7) is 6.19. The molecule has 1 aliphatic carbocycles. The lowest BCUT2D eigenvalue weighted by atomic mass is 10.1. The Hall–Kier alpha value is -2.10. The van der Waals surface area contributed by atoms with Gasteiger partial charge in [-0.05, 0) is 48.7 Å². The molecule has 0 aromatic carbocycles. The molecule has 0 spiro atoms. The lowest BCUT2D eigenvalue weighted by Gasteiger charge is -1.99. The molecule has 0 unspecified atom stereocenters. The number of carbonyl (C=O) groups is 2. The first-order valence-electron chi connectivity index (χ1n) is 7.51. The molecule has 2 rings (SSSR count). The Balaban J connectivity index is 1.79. The number of ether oxygens (including phenoxy) is 1. The summed E-state index contributed by atoms with van der Waals surface area (Å²) in [6, 6.07) is 0. The van der Waals surface area contributed by atoms with Gasteiger partial charge >= 0.3 is 11.9 Å². The molecule has 118 valence electrons. The highest BCUT2D eigenvalue weighted by molar-refractivity contribution is 5.88. The van der Waals surface area contributed by atoms with Crippen molar-refractivity contribution < 1.29 is 19.4 Å². The highest BCUT2D eigenvalue weighted by Gasteiger charge is 2.54. The van der Waals surface area contributed by atoms with Crippen LogP contribution < -0.4 is 0 Å². The summed E-state index contributed by atoms with van der Waals surface area (Å²) in [7, 11) is 0. The minimum absolute atomic E-state index is 0.179. The van der Waals surface area contributed by atoms with E-state index in [-0.39, 0.29) is 11.4 Å². The smallest absolute Gasteiger partial charge is 0.336 e. The van der Waals surface area contributed by atoms with Gasteiger partial charge in [0.15, 0.2) is 0 Å². The first kappa shape index (κ1) is 16.3. The van der Waals surface area contributed by atoms with E-state index in [0.29, 0.717) is 17.6 Å². The van der Waals surface area contributed by atoms with E-state index in [1.54, 1.807) is 6.08 Å². The Bertz CT molecular complexity index is 590. The van der Waals surface area contributed by atoms with Gasteiger partial charge in [-0.3, -0.25) is 0 Å². The van der Waals surface area contributed by atoms with Crippen LogP contribution in [0.3, 0.4) is 0 Å². The van der Waals surface area contributed by atoms with Crippen molar-refractivity contribution >= 4 is 11.9 Å². The van der Waals surface area contributed by atoms with E-state index < -0.39 is 5.97 Å². The summed E-state index contributed by atoms with van der Waals surface area (Å²) in [5.74, 6) is 0.269. The second kappa shape index (κ2) is 6.34. The number of carboxylic acids is 1. The number of allylic oxidation sites excluding steroid dienone is 5. The highest BCUT2D eigenvalue weighted by atomic mass is 16.5. The molecule has 1 N–H and O–H groups in total. The van der Waals surface area contributed by atoms with Crippen molar-refractivity contribution in [2.45, 2.75) is 33.6 Å². The van der Waals surface area contributed by atoms with E-state index in [0.717, 1.165) is 18.4 Å². The standard InChI is InChI=1S/C18H22O4/c1-12-11-17(21)22-15(12)8-6-4-5-7-13-14(18(13,2)3)9-10-16(19)20/h4,6,8-11,13-14H,5,7H2,1-3H3,(H,19,20)/b6-4+,10-9+,15-8+/t13-,14+/m1/s1. The zero-order valence-corrected chi connectivity index (χ0v) is 13.2. The van der Waals surface area contributed by atoms with Crippen molar-refractivity contribution in [1.82, 2.24) is 0 Å². The molecule has 22 heavy (non-hydrogen) atoms. The zero-order valence-electron chi connectivity index (χ0n) is 13.2. The number of cyclic esters (lactones) is 1. The number of carboxylic acid groups (broad SMARTS) is 1. The van der Waals surface area contributed by atoms with Crippen LogP contribution in [0.5, 0.6) is 0 Å². The second-order valence-electron chi connectivity index (χ2n) is 6.44. The van der Waals surface area contributed by atoms with Crippen molar-refractivity contribution in [1.29, 1.82) is 0 Å². The van der Waals surface area contributed by atoms with Gasteiger partial charge in [0.05, 0.1) is 0 Å². The van der Waals surface area contributed by atoms with E-state index in [4.69, 9.17) is 9.84 Å². The van der Waals surface area contributed by atoms with Gasteiger partial charge in [0.25, 0.3) is 0 Å². The van der Waals surface area contributed by atoms with Crippen LogP contribution in [0.2, 0.25) is 0 Å². The van der Waals surface area contributed by atoms with E-state index in [2.05, 4.69) is 19.9 Å². The molecule has 4 heteroatoms. The number of hydrogen-bond acceptors (Lipinski definition) is 3. The van der Waals surface area contributed by atoms with E-state index in [1.807, 2.05) is 19.1 Å². The third-order valence-corrected chi connectivity index (χ3v) is 4.55. The molecule has 0 saturated heterocycles. The molecule has 0 amide bonds. The summed E-state index contributed by atoms with van der Waals surface area (Å²) in [5, 5.41) is 8.69. The molecular formula is C18H22O4. The fraction of sp³-hybridized carbons (Fsp3) is 0.444. The molecule has 0 aromatic rings. The molecule has 4 nitrogen and oxygen atoms in total. The minimum atomic E-state index is -0.887. The third-order valence-electron chi connectivity index (χ3n) is 4.55. The minimum Gasteiger partial charge on any atom is -0.478 e. The predicted molar refractivity (Wildman–Crippen MR) is 83.8 cm³/mol. The summed E-state index contributed by atoms with van der Waals surface area (Å²) in [6.07, 6.45) is 12.2.